The molecule has 3 heterocycles. The predicted octanol–water partition coefficient (Wildman–Crippen LogP) is 4.37. The number of pyridine rings is 1. The molecule has 4 rings (SSSR count). The summed E-state index contributed by atoms with van der Waals surface area (Å²) in [5, 5.41) is 10.1. The van der Waals surface area contributed by atoms with Crippen LogP contribution in [0.2, 0.25) is 0 Å². The normalized spacial score (nSPS) is 10.7. The smallest absolute Gasteiger partial charge is 0.295 e. The van der Waals surface area contributed by atoms with Crippen LogP contribution in [0.4, 0.5) is 5.69 Å². The van der Waals surface area contributed by atoms with Gasteiger partial charge < -0.3 is 5.32 Å². The number of para-hydroxylation sites is 1. The second-order valence-corrected chi connectivity index (χ2v) is 7.30. The molecule has 1 aromatic carbocycles. The van der Waals surface area contributed by atoms with Crippen molar-refractivity contribution in [1.82, 2.24) is 19.7 Å². The molecule has 8 heteroatoms. The average Bonchev–Trinajstić information content (AvgIpc) is 3.39. The first-order valence-corrected chi connectivity index (χ1v) is 10.2. The van der Waals surface area contributed by atoms with E-state index in [1.54, 1.807) is 34.0 Å². The lowest BCUT2D eigenvalue weighted by atomic mass is 10.3. The predicted molar refractivity (Wildman–Crippen MR) is 109 cm³/mol. The first kappa shape index (κ1) is 17.4. The minimum atomic E-state index is -0.374. The number of carbonyl (C=O) groups excluding carboxylic acids is 1. The van der Waals surface area contributed by atoms with Crippen LogP contribution < -0.4 is 5.32 Å². The summed E-state index contributed by atoms with van der Waals surface area (Å²) in [6.45, 7) is 0. The third-order valence-corrected chi connectivity index (χ3v) is 5.28. The second kappa shape index (κ2) is 7.73. The zero-order valence-electron chi connectivity index (χ0n) is 14.4. The zero-order valence-corrected chi connectivity index (χ0v) is 16.0. The molecule has 0 aliphatic heterocycles. The number of thioether (sulfide) groups is 1. The summed E-state index contributed by atoms with van der Waals surface area (Å²) in [6.07, 6.45) is 3.57. The number of hydrogen-bond donors (Lipinski definition) is 1. The van der Waals surface area contributed by atoms with Crippen molar-refractivity contribution in [3.05, 3.63) is 72.0 Å². The molecule has 0 radical (unpaired) electrons. The molecular formula is C19H15N5OS2. The van der Waals surface area contributed by atoms with Crippen molar-refractivity contribution < 1.29 is 4.79 Å². The summed E-state index contributed by atoms with van der Waals surface area (Å²) in [7, 11) is 0. The molecule has 1 amide bonds. The number of thiophene rings is 1. The van der Waals surface area contributed by atoms with Gasteiger partial charge in [-0.15, -0.1) is 28.2 Å². The molecular weight excluding hydrogens is 378 g/mol. The van der Waals surface area contributed by atoms with Crippen LogP contribution in [-0.4, -0.2) is 31.9 Å². The fraction of sp³-hybridized carbons (Fsp3) is 0.0526. The Labute approximate surface area is 164 Å². The van der Waals surface area contributed by atoms with Gasteiger partial charge in [0.2, 0.25) is 5.82 Å². The van der Waals surface area contributed by atoms with Gasteiger partial charge in [0.25, 0.3) is 5.91 Å². The van der Waals surface area contributed by atoms with Crippen molar-refractivity contribution in [2.24, 2.45) is 0 Å². The largest absolute Gasteiger partial charge is 0.318 e. The maximum absolute atomic E-state index is 12.7. The van der Waals surface area contributed by atoms with Crippen LogP contribution >= 0.6 is 23.1 Å². The highest BCUT2D eigenvalue weighted by molar-refractivity contribution is 7.98. The molecule has 0 saturated heterocycles. The van der Waals surface area contributed by atoms with E-state index >= 15 is 0 Å². The van der Waals surface area contributed by atoms with E-state index in [9.17, 15) is 4.79 Å². The van der Waals surface area contributed by atoms with Crippen LogP contribution in [0.1, 0.15) is 10.6 Å². The standard InChI is InChI=1S/C19H15N5OS2/c1-26-16-10-9-13(12-20-16)21-19(25)17-22-18(15-8-5-11-27-15)24(23-17)14-6-3-2-4-7-14/h2-12H,1H3,(H,21,25). The van der Waals surface area contributed by atoms with Crippen molar-refractivity contribution in [3.63, 3.8) is 0 Å². The minimum absolute atomic E-state index is 0.108. The Hall–Kier alpha value is -2.97. The number of anilines is 1. The van der Waals surface area contributed by atoms with Crippen LogP contribution in [-0.2, 0) is 0 Å². The van der Waals surface area contributed by atoms with Crippen LogP contribution in [0.3, 0.4) is 0 Å². The number of rotatable bonds is 5. The van der Waals surface area contributed by atoms with E-state index in [1.165, 1.54) is 0 Å². The molecule has 0 saturated carbocycles. The van der Waals surface area contributed by atoms with Crippen molar-refractivity contribution >= 4 is 34.7 Å². The van der Waals surface area contributed by atoms with Gasteiger partial charge in [-0.05, 0) is 42.0 Å². The highest BCUT2D eigenvalue weighted by Gasteiger charge is 2.19. The lowest BCUT2D eigenvalue weighted by Gasteiger charge is -2.03. The molecule has 0 unspecified atom stereocenters. The summed E-state index contributed by atoms with van der Waals surface area (Å²) >= 11 is 3.09. The Bertz CT molecular complexity index is 1040. The Morgan fingerprint density at radius 2 is 1.96 bits per heavy atom. The van der Waals surface area contributed by atoms with Gasteiger partial charge in [0.05, 0.1) is 27.5 Å². The van der Waals surface area contributed by atoms with E-state index in [-0.39, 0.29) is 11.7 Å². The van der Waals surface area contributed by atoms with Gasteiger partial charge in [-0.3, -0.25) is 4.79 Å². The third kappa shape index (κ3) is 3.76. The SMILES string of the molecule is CSc1ccc(NC(=O)c2nc(-c3cccs3)n(-c3ccccc3)n2)cn1. The highest BCUT2D eigenvalue weighted by Crippen LogP contribution is 2.25. The van der Waals surface area contributed by atoms with Crippen molar-refractivity contribution in [2.45, 2.75) is 5.03 Å². The monoisotopic (exact) mass is 393 g/mol. The topological polar surface area (TPSA) is 72.7 Å². The molecule has 0 bridgehead atoms. The molecule has 134 valence electrons. The van der Waals surface area contributed by atoms with Gasteiger partial charge in [0, 0.05) is 0 Å². The zero-order chi connectivity index (χ0) is 18.6. The Morgan fingerprint density at radius 3 is 2.63 bits per heavy atom. The first-order valence-electron chi connectivity index (χ1n) is 8.12. The van der Waals surface area contributed by atoms with Gasteiger partial charge in [-0.2, -0.15) is 0 Å². The minimum Gasteiger partial charge on any atom is -0.318 e. The average molecular weight is 393 g/mol. The van der Waals surface area contributed by atoms with E-state index in [2.05, 4.69) is 20.4 Å². The van der Waals surface area contributed by atoms with E-state index in [0.717, 1.165) is 15.6 Å². The first-order chi connectivity index (χ1) is 13.2. The van der Waals surface area contributed by atoms with Crippen LogP contribution in [0.25, 0.3) is 16.4 Å². The number of nitrogens with one attached hydrogen (secondary N) is 1. The number of carbonyl (C=O) groups is 1. The molecule has 4 aromatic rings. The van der Waals surface area contributed by atoms with E-state index in [1.807, 2.05) is 66.2 Å². The summed E-state index contributed by atoms with van der Waals surface area (Å²) in [6, 6.07) is 17.2. The third-order valence-electron chi connectivity index (χ3n) is 3.76. The maximum Gasteiger partial charge on any atom is 0.295 e. The number of hydrogen-bond acceptors (Lipinski definition) is 6. The van der Waals surface area contributed by atoms with Crippen LogP contribution in [0, 0.1) is 0 Å². The molecule has 27 heavy (non-hydrogen) atoms. The van der Waals surface area contributed by atoms with Crippen LogP contribution in [0.5, 0.6) is 0 Å². The van der Waals surface area contributed by atoms with Gasteiger partial charge in [-0.25, -0.2) is 14.6 Å². The Balaban J connectivity index is 1.67. The van der Waals surface area contributed by atoms with Crippen molar-refractivity contribution in [2.75, 3.05) is 11.6 Å². The molecule has 0 aliphatic carbocycles. The van der Waals surface area contributed by atoms with Gasteiger partial charge in [-0.1, -0.05) is 24.3 Å². The summed E-state index contributed by atoms with van der Waals surface area (Å²) in [4.78, 5) is 22.3. The van der Waals surface area contributed by atoms with Gasteiger partial charge in [0.15, 0.2) is 5.82 Å². The van der Waals surface area contributed by atoms with E-state index in [0.29, 0.717) is 11.5 Å². The lowest BCUT2D eigenvalue weighted by molar-refractivity contribution is 0.101. The highest BCUT2D eigenvalue weighted by atomic mass is 32.2. The molecule has 3 aromatic heterocycles. The molecule has 0 atom stereocenters. The fourth-order valence-corrected chi connectivity index (χ4v) is 3.55. The summed E-state index contributed by atoms with van der Waals surface area (Å²) < 4.78 is 1.69. The molecule has 0 aliphatic rings. The fourth-order valence-electron chi connectivity index (χ4n) is 2.48. The number of benzene rings is 1. The van der Waals surface area contributed by atoms with E-state index < -0.39 is 0 Å². The van der Waals surface area contributed by atoms with Crippen molar-refractivity contribution in [3.8, 4) is 16.4 Å². The van der Waals surface area contributed by atoms with Crippen molar-refractivity contribution in [1.29, 1.82) is 0 Å². The summed E-state index contributed by atoms with van der Waals surface area (Å²) in [5.41, 5.74) is 1.45. The number of nitrogens with zero attached hydrogens (tertiary/aromatic N) is 4. The molecule has 1 N–H and O–H groups in total. The molecule has 6 nitrogen and oxygen atoms in total. The molecule has 0 fully saturated rings. The van der Waals surface area contributed by atoms with Gasteiger partial charge >= 0.3 is 0 Å². The second-order valence-electron chi connectivity index (χ2n) is 5.53. The Morgan fingerprint density at radius 1 is 1.11 bits per heavy atom. The number of amides is 1. The van der Waals surface area contributed by atoms with Gasteiger partial charge in [0.1, 0.15) is 0 Å². The van der Waals surface area contributed by atoms with Crippen LogP contribution in [0.15, 0.2) is 71.2 Å². The maximum atomic E-state index is 12.7. The molecule has 0 spiro atoms. The van der Waals surface area contributed by atoms with E-state index in [4.69, 9.17) is 0 Å². The quantitative estimate of drug-likeness (QED) is 0.510. The Kier molecular flexibility index (Phi) is 4.99. The summed E-state index contributed by atoms with van der Waals surface area (Å²) in [5.74, 6) is 0.370. The lowest BCUT2D eigenvalue weighted by Crippen LogP contribution is -2.14. The number of aromatic nitrogens is 4.